The standard InChI is InChI=1S/C11H13N5O2/c1-17-7-4-8(14-5-7)11-15-10(16-18-11)9-6-12-2-3-13-9/h2-3,6-8,14H,4-5H2,1H3. The summed E-state index contributed by atoms with van der Waals surface area (Å²) in [4.78, 5) is 12.4. The molecule has 3 rings (SSSR count). The second kappa shape index (κ2) is 4.79. The van der Waals surface area contributed by atoms with Crippen molar-refractivity contribution >= 4 is 0 Å². The van der Waals surface area contributed by atoms with E-state index in [0.717, 1.165) is 13.0 Å². The number of rotatable bonds is 3. The molecule has 0 aromatic carbocycles. The van der Waals surface area contributed by atoms with Crippen molar-refractivity contribution in [2.75, 3.05) is 13.7 Å². The molecular weight excluding hydrogens is 234 g/mol. The van der Waals surface area contributed by atoms with Gasteiger partial charge in [0.2, 0.25) is 11.7 Å². The minimum Gasteiger partial charge on any atom is -0.380 e. The van der Waals surface area contributed by atoms with Crippen LogP contribution >= 0.6 is 0 Å². The third-order valence-electron chi connectivity index (χ3n) is 2.96. The Kier molecular flexibility index (Phi) is 2.99. The van der Waals surface area contributed by atoms with Gasteiger partial charge >= 0.3 is 0 Å². The molecule has 2 aromatic rings. The van der Waals surface area contributed by atoms with E-state index in [-0.39, 0.29) is 12.1 Å². The summed E-state index contributed by atoms with van der Waals surface area (Å²) in [5.41, 5.74) is 0.605. The van der Waals surface area contributed by atoms with Gasteiger partial charge in [0.15, 0.2) is 0 Å². The van der Waals surface area contributed by atoms with Crippen LogP contribution in [0.2, 0.25) is 0 Å². The summed E-state index contributed by atoms with van der Waals surface area (Å²) >= 11 is 0. The van der Waals surface area contributed by atoms with E-state index in [2.05, 4.69) is 25.4 Å². The van der Waals surface area contributed by atoms with Gasteiger partial charge in [-0.05, 0) is 6.42 Å². The van der Waals surface area contributed by atoms with Crippen molar-refractivity contribution in [3.05, 3.63) is 24.5 Å². The van der Waals surface area contributed by atoms with E-state index in [1.807, 2.05) is 0 Å². The molecule has 1 aliphatic rings. The predicted octanol–water partition coefficient (Wildman–Crippen LogP) is 0.576. The van der Waals surface area contributed by atoms with Gasteiger partial charge in [0.25, 0.3) is 0 Å². The number of hydrogen-bond acceptors (Lipinski definition) is 7. The van der Waals surface area contributed by atoms with Crippen LogP contribution in [0, 0.1) is 0 Å². The molecule has 2 aromatic heterocycles. The first-order valence-electron chi connectivity index (χ1n) is 5.73. The largest absolute Gasteiger partial charge is 0.380 e. The fraction of sp³-hybridized carbons (Fsp3) is 0.455. The molecule has 7 heteroatoms. The zero-order chi connectivity index (χ0) is 12.4. The average molecular weight is 247 g/mol. The molecule has 94 valence electrons. The molecule has 1 aliphatic heterocycles. The van der Waals surface area contributed by atoms with Gasteiger partial charge in [-0.15, -0.1) is 0 Å². The maximum Gasteiger partial charge on any atom is 0.244 e. The Labute approximate surface area is 104 Å². The van der Waals surface area contributed by atoms with E-state index in [9.17, 15) is 0 Å². The van der Waals surface area contributed by atoms with Gasteiger partial charge in [-0.25, -0.2) is 4.98 Å². The molecule has 0 radical (unpaired) electrons. The number of ether oxygens (including phenoxy) is 1. The Morgan fingerprint density at radius 3 is 3.11 bits per heavy atom. The Morgan fingerprint density at radius 1 is 1.44 bits per heavy atom. The van der Waals surface area contributed by atoms with Gasteiger partial charge in [-0.2, -0.15) is 4.98 Å². The third kappa shape index (κ3) is 2.09. The summed E-state index contributed by atoms with van der Waals surface area (Å²) in [5.74, 6) is 1.02. The number of nitrogens with zero attached hydrogens (tertiary/aromatic N) is 4. The summed E-state index contributed by atoms with van der Waals surface area (Å²) in [7, 11) is 1.70. The normalized spacial score (nSPS) is 23.4. The molecule has 0 amide bonds. The van der Waals surface area contributed by atoms with E-state index >= 15 is 0 Å². The van der Waals surface area contributed by atoms with E-state index in [1.54, 1.807) is 25.7 Å². The molecule has 1 N–H and O–H groups in total. The molecule has 0 spiro atoms. The van der Waals surface area contributed by atoms with Crippen LogP contribution in [-0.2, 0) is 4.74 Å². The van der Waals surface area contributed by atoms with Crippen molar-refractivity contribution in [1.29, 1.82) is 0 Å². The minimum atomic E-state index is 0.0490. The molecule has 1 fully saturated rings. The van der Waals surface area contributed by atoms with Crippen molar-refractivity contribution in [2.45, 2.75) is 18.6 Å². The lowest BCUT2D eigenvalue weighted by Crippen LogP contribution is -2.16. The number of nitrogens with one attached hydrogen (secondary N) is 1. The van der Waals surface area contributed by atoms with Gasteiger partial charge in [-0.3, -0.25) is 4.98 Å². The van der Waals surface area contributed by atoms with Crippen LogP contribution in [0.5, 0.6) is 0 Å². The predicted molar refractivity (Wildman–Crippen MR) is 61.5 cm³/mol. The van der Waals surface area contributed by atoms with Crippen LogP contribution in [0.4, 0.5) is 0 Å². The second-order valence-electron chi connectivity index (χ2n) is 4.10. The highest BCUT2D eigenvalue weighted by Crippen LogP contribution is 2.24. The quantitative estimate of drug-likeness (QED) is 0.848. The van der Waals surface area contributed by atoms with Crippen LogP contribution in [0.25, 0.3) is 11.5 Å². The van der Waals surface area contributed by atoms with E-state index in [4.69, 9.17) is 9.26 Å². The van der Waals surface area contributed by atoms with E-state index in [0.29, 0.717) is 17.4 Å². The fourth-order valence-corrected chi connectivity index (χ4v) is 1.97. The van der Waals surface area contributed by atoms with Crippen molar-refractivity contribution in [2.24, 2.45) is 0 Å². The molecule has 2 unspecified atom stereocenters. The topological polar surface area (TPSA) is 86.0 Å². The minimum absolute atomic E-state index is 0.0490. The summed E-state index contributed by atoms with van der Waals surface area (Å²) in [6.07, 6.45) is 5.83. The Morgan fingerprint density at radius 2 is 2.39 bits per heavy atom. The third-order valence-corrected chi connectivity index (χ3v) is 2.96. The monoisotopic (exact) mass is 247 g/mol. The lowest BCUT2D eigenvalue weighted by Gasteiger charge is -2.04. The first-order chi connectivity index (χ1) is 8.86. The van der Waals surface area contributed by atoms with Crippen LogP contribution in [0.3, 0.4) is 0 Å². The van der Waals surface area contributed by atoms with Gasteiger partial charge in [-0.1, -0.05) is 5.16 Å². The molecule has 0 saturated carbocycles. The number of aromatic nitrogens is 4. The van der Waals surface area contributed by atoms with E-state index in [1.165, 1.54) is 0 Å². The van der Waals surface area contributed by atoms with Crippen molar-refractivity contribution in [3.63, 3.8) is 0 Å². The van der Waals surface area contributed by atoms with Crippen LogP contribution in [0.15, 0.2) is 23.1 Å². The summed E-state index contributed by atoms with van der Waals surface area (Å²) in [5, 5.41) is 7.19. The van der Waals surface area contributed by atoms with Crippen LogP contribution < -0.4 is 5.32 Å². The highest BCUT2D eigenvalue weighted by molar-refractivity contribution is 5.45. The second-order valence-corrected chi connectivity index (χ2v) is 4.10. The highest BCUT2D eigenvalue weighted by atomic mass is 16.5. The molecule has 2 atom stereocenters. The lowest BCUT2D eigenvalue weighted by atomic mass is 10.2. The van der Waals surface area contributed by atoms with Gasteiger partial charge < -0.3 is 14.6 Å². The molecule has 1 saturated heterocycles. The van der Waals surface area contributed by atoms with Crippen molar-refractivity contribution in [3.8, 4) is 11.5 Å². The molecule has 18 heavy (non-hydrogen) atoms. The number of methoxy groups -OCH3 is 1. The fourth-order valence-electron chi connectivity index (χ4n) is 1.97. The first-order valence-corrected chi connectivity index (χ1v) is 5.73. The molecule has 7 nitrogen and oxygen atoms in total. The van der Waals surface area contributed by atoms with Crippen molar-refractivity contribution in [1.82, 2.24) is 25.4 Å². The van der Waals surface area contributed by atoms with Crippen LogP contribution in [0.1, 0.15) is 18.4 Å². The van der Waals surface area contributed by atoms with E-state index < -0.39 is 0 Å². The molecule has 3 heterocycles. The molecular formula is C11H13N5O2. The Hall–Kier alpha value is -1.86. The Bertz CT molecular complexity index is 515. The van der Waals surface area contributed by atoms with Gasteiger partial charge in [0.1, 0.15) is 5.69 Å². The molecule has 0 aliphatic carbocycles. The lowest BCUT2D eigenvalue weighted by molar-refractivity contribution is 0.116. The van der Waals surface area contributed by atoms with Gasteiger partial charge in [0.05, 0.1) is 18.3 Å². The van der Waals surface area contributed by atoms with Crippen molar-refractivity contribution < 1.29 is 9.26 Å². The maximum atomic E-state index is 5.28. The zero-order valence-electron chi connectivity index (χ0n) is 9.91. The smallest absolute Gasteiger partial charge is 0.244 e. The Balaban J connectivity index is 1.78. The zero-order valence-corrected chi connectivity index (χ0v) is 9.91. The summed E-state index contributed by atoms with van der Waals surface area (Å²) in [6, 6.07) is 0.0490. The summed E-state index contributed by atoms with van der Waals surface area (Å²) < 4.78 is 10.5. The average Bonchev–Trinajstić information content (AvgIpc) is 3.08. The molecule has 0 bridgehead atoms. The van der Waals surface area contributed by atoms with Crippen LogP contribution in [-0.4, -0.2) is 39.9 Å². The maximum absolute atomic E-state index is 5.28. The summed E-state index contributed by atoms with van der Waals surface area (Å²) in [6.45, 7) is 0.796. The van der Waals surface area contributed by atoms with Gasteiger partial charge in [0, 0.05) is 26.0 Å². The SMILES string of the molecule is COC1CNC(c2nc(-c3cnccn3)no2)C1. The first kappa shape index (κ1) is 11.2. The highest BCUT2D eigenvalue weighted by Gasteiger charge is 2.29. The number of hydrogen-bond donors (Lipinski definition) is 1.